The second-order valence-electron chi connectivity index (χ2n) is 7.39. The Morgan fingerprint density at radius 3 is 2.13 bits per heavy atom. The van der Waals surface area contributed by atoms with Crippen molar-refractivity contribution in [2.75, 3.05) is 6.61 Å². The molecule has 3 nitrogen and oxygen atoms in total. The van der Waals surface area contributed by atoms with E-state index in [0.717, 1.165) is 0 Å². The molecule has 1 aliphatic rings. The lowest BCUT2D eigenvalue weighted by Crippen LogP contribution is -2.41. The molecule has 128 valence electrons. The van der Waals surface area contributed by atoms with Gasteiger partial charge in [-0.05, 0) is 39.7 Å². The second-order valence-corrected chi connectivity index (χ2v) is 7.39. The van der Waals surface area contributed by atoms with Crippen LogP contribution in [0.1, 0.15) is 53.5 Å². The first-order chi connectivity index (χ1) is 10.5. The Balaban J connectivity index is 2.34. The molecular formula is C17H25BF2O3. The molecule has 0 radical (unpaired) electrons. The van der Waals surface area contributed by atoms with E-state index in [2.05, 4.69) is 0 Å². The van der Waals surface area contributed by atoms with E-state index in [9.17, 15) is 8.78 Å². The van der Waals surface area contributed by atoms with Crippen LogP contribution in [0.5, 0.6) is 5.75 Å². The largest absolute Gasteiger partial charge is 0.498 e. The van der Waals surface area contributed by atoms with Crippen LogP contribution in [0, 0.1) is 5.92 Å². The molecule has 0 saturated carbocycles. The average Bonchev–Trinajstić information content (AvgIpc) is 2.64. The van der Waals surface area contributed by atoms with Gasteiger partial charge in [-0.25, -0.2) is 8.78 Å². The summed E-state index contributed by atoms with van der Waals surface area (Å²) in [5.41, 5.74) is -0.402. The van der Waals surface area contributed by atoms with Crippen molar-refractivity contribution in [2.24, 2.45) is 5.92 Å². The van der Waals surface area contributed by atoms with Gasteiger partial charge in [-0.15, -0.1) is 0 Å². The lowest BCUT2D eigenvalue weighted by molar-refractivity contribution is 0.00578. The highest BCUT2D eigenvalue weighted by atomic mass is 19.3. The summed E-state index contributed by atoms with van der Waals surface area (Å²) in [4.78, 5) is 0. The lowest BCUT2D eigenvalue weighted by Gasteiger charge is -2.32. The Bertz CT molecular complexity index is 543. The van der Waals surface area contributed by atoms with E-state index in [1.807, 2.05) is 41.5 Å². The van der Waals surface area contributed by atoms with Crippen molar-refractivity contribution in [1.82, 2.24) is 0 Å². The average molecular weight is 326 g/mol. The third-order valence-electron chi connectivity index (χ3n) is 4.37. The quantitative estimate of drug-likeness (QED) is 0.767. The number of halogens is 2. The Morgan fingerprint density at radius 1 is 1.09 bits per heavy atom. The molecule has 0 unspecified atom stereocenters. The van der Waals surface area contributed by atoms with Crippen LogP contribution < -0.4 is 10.2 Å². The van der Waals surface area contributed by atoms with E-state index in [1.165, 1.54) is 12.1 Å². The van der Waals surface area contributed by atoms with Crippen LogP contribution in [0.2, 0.25) is 0 Å². The molecule has 0 aromatic heterocycles. The normalized spacial score (nSPS) is 19.7. The third kappa shape index (κ3) is 3.86. The maximum atomic E-state index is 13.0. The minimum Gasteiger partial charge on any atom is -0.494 e. The highest BCUT2D eigenvalue weighted by Crippen LogP contribution is 2.37. The van der Waals surface area contributed by atoms with E-state index in [-0.39, 0.29) is 11.5 Å². The molecule has 1 fully saturated rings. The number of alkyl halides is 2. The predicted octanol–water partition coefficient (Wildman–Crippen LogP) is 3.96. The van der Waals surface area contributed by atoms with Crippen LogP contribution in [-0.4, -0.2) is 24.9 Å². The monoisotopic (exact) mass is 326 g/mol. The lowest BCUT2D eigenvalue weighted by atomic mass is 9.78. The van der Waals surface area contributed by atoms with Gasteiger partial charge in [-0.2, -0.15) is 0 Å². The molecule has 0 amide bonds. The fourth-order valence-corrected chi connectivity index (χ4v) is 2.23. The standard InChI is InChI=1S/C17H25BF2O3/c1-11(2)10-21-14-9-12(15(19)20)7-8-13(14)18-22-16(3,4)17(5,6)23-18/h7-9,11,15H,10H2,1-6H3. The minimum absolute atomic E-state index is 0.0657. The summed E-state index contributed by atoms with van der Waals surface area (Å²) >= 11 is 0. The Morgan fingerprint density at radius 2 is 1.65 bits per heavy atom. The maximum Gasteiger partial charge on any atom is 0.498 e. The topological polar surface area (TPSA) is 27.7 Å². The van der Waals surface area contributed by atoms with Gasteiger partial charge in [0.05, 0.1) is 17.8 Å². The van der Waals surface area contributed by atoms with Crippen LogP contribution in [-0.2, 0) is 9.31 Å². The molecule has 0 spiro atoms. The first kappa shape index (κ1) is 18.2. The minimum atomic E-state index is -2.54. The first-order valence-corrected chi connectivity index (χ1v) is 7.94. The SMILES string of the molecule is CC(C)COc1cc(C(F)F)ccc1B1OC(C)(C)C(C)(C)O1. The summed E-state index contributed by atoms with van der Waals surface area (Å²) in [6.45, 7) is 12.3. The number of ether oxygens (including phenoxy) is 1. The van der Waals surface area contributed by atoms with Crippen molar-refractivity contribution in [3.8, 4) is 5.75 Å². The molecular weight excluding hydrogens is 301 g/mol. The molecule has 1 heterocycles. The highest BCUT2D eigenvalue weighted by molar-refractivity contribution is 6.63. The zero-order valence-electron chi connectivity index (χ0n) is 14.7. The van der Waals surface area contributed by atoms with Gasteiger partial charge in [0.25, 0.3) is 6.43 Å². The van der Waals surface area contributed by atoms with Gasteiger partial charge in [0.1, 0.15) is 5.75 Å². The van der Waals surface area contributed by atoms with Crippen LogP contribution in [0.3, 0.4) is 0 Å². The summed E-state index contributed by atoms with van der Waals surface area (Å²) in [5, 5.41) is 0. The van der Waals surface area contributed by atoms with Gasteiger partial charge in [-0.1, -0.05) is 26.0 Å². The van der Waals surface area contributed by atoms with Crippen molar-refractivity contribution in [1.29, 1.82) is 0 Å². The summed E-state index contributed by atoms with van der Waals surface area (Å²) in [5.74, 6) is 0.686. The summed E-state index contributed by atoms with van der Waals surface area (Å²) in [7, 11) is -0.631. The Kier molecular flexibility index (Phi) is 5.07. The van der Waals surface area contributed by atoms with Crippen LogP contribution in [0.25, 0.3) is 0 Å². The fraction of sp³-hybridized carbons (Fsp3) is 0.647. The molecule has 1 aromatic carbocycles. The predicted molar refractivity (Wildman–Crippen MR) is 87.4 cm³/mol. The maximum absolute atomic E-state index is 13.0. The zero-order valence-corrected chi connectivity index (χ0v) is 14.7. The molecule has 1 aliphatic heterocycles. The van der Waals surface area contributed by atoms with Crippen LogP contribution in [0.4, 0.5) is 8.78 Å². The van der Waals surface area contributed by atoms with Gasteiger partial charge < -0.3 is 14.0 Å². The Labute approximate surface area is 137 Å². The smallest absolute Gasteiger partial charge is 0.494 e. The van der Waals surface area contributed by atoms with Crippen molar-refractivity contribution in [3.63, 3.8) is 0 Å². The summed E-state index contributed by atoms with van der Waals surface area (Å²) in [6, 6.07) is 4.39. The molecule has 0 atom stereocenters. The van der Waals surface area contributed by atoms with E-state index in [0.29, 0.717) is 17.8 Å². The zero-order chi connectivity index (χ0) is 17.4. The molecule has 6 heteroatoms. The number of rotatable bonds is 5. The van der Waals surface area contributed by atoms with Crippen molar-refractivity contribution < 1.29 is 22.8 Å². The molecule has 2 rings (SSSR count). The highest BCUT2D eigenvalue weighted by Gasteiger charge is 2.52. The van der Waals surface area contributed by atoms with Gasteiger partial charge in [0, 0.05) is 11.0 Å². The van der Waals surface area contributed by atoms with Crippen LogP contribution in [0.15, 0.2) is 18.2 Å². The Hall–Kier alpha value is -1.14. The molecule has 1 aromatic rings. The molecule has 0 aliphatic carbocycles. The number of hydrogen-bond donors (Lipinski definition) is 0. The van der Waals surface area contributed by atoms with Crippen molar-refractivity contribution in [2.45, 2.75) is 59.2 Å². The van der Waals surface area contributed by atoms with Crippen molar-refractivity contribution in [3.05, 3.63) is 23.8 Å². The molecule has 0 N–H and O–H groups in total. The number of hydrogen-bond acceptors (Lipinski definition) is 3. The molecule has 0 bridgehead atoms. The van der Waals surface area contributed by atoms with E-state index in [4.69, 9.17) is 14.0 Å². The van der Waals surface area contributed by atoms with E-state index in [1.54, 1.807) is 6.07 Å². The van der Waals surface area contributed by atoms with Gasteiger partial charge in [-0.3, -0.25) is 0 Å². The van der Waals surface area contributed by atoms with Gasteiger partial charge >= 0.3 is 7.12 Å². The third-order valence-corrected chi connectivity index (χ3v) is 4.37. The fourth-order valence-electron chi connectivity index (χ4n) is 2.23. The first-order valence-electron chi connectivity index (χ1n) is 7.94. The van der Waals surface area contributed by atoms with Crippen LogP contribution >= 0.6 is 0 Å². The molecule has 23 heavy (non-hydrogen) atoms. The number of benzene rings is 1. The van der Waals surface area contributed by atoms with E-state index < -0.39 is 24.7 Å². The van der Waals surface area contributed by atoms with Gasteiger partial charge in [0.2, 0.25) is 0 Å². The second kappa shape index (κ2) is 6.40. The summed E-state index contributed by atoms with van der Waals surface area (Å²) in [6.07, 6.45) is -2.54. The van der Waals surface area contributed by atoms with Gasteiger partial charge in [0.15, 0.2) is 0 Å². The summed E-state index contributed by atoms with van der Waals surface area (Å²) < 4.78 is 43.7. The van der Waals surface area contributed by atoms with E-state index >= 15 is 0 Å². The molecule has 1 saturated heterocycles. The van der Waals surface area contributed by atoms with Crippen molar-refractivity contribution >= 4 is 12.6 Å².